The lowest BCUT2D eigenvalue weighted by atomic mass is 9.82. The fourth-order valence-electron chi connectivity index (χ4n) is 4.15. The first-order chi connectivity index (χ1) is 15.0. The minimum atomic E-state index is -0.646. The Kier molecular flexibility index (Phi) is 5.92. The first-order valence-electron chi connectivity index (χ1n) is 10.1. The molecule has 2 heterocycles. The van der Waals surface area contributed by atoms with Crippen molar-refractivity contribution in [2.45, 2.75) is 24.9 Å². The van der Waals surface area contributed by atoms with Crippen molar-refractivity contribution in [3.05, 3.63) is 58.6 Å². The van der Waals surface area contributed by atoms with E-state index in [4.69, 9.17) is 25.8 Å². The molecule has 2 aromatic carbocycles. The summed E-state index contributed by atoms with van der Waals surface area (Å²) in [7, 11) is 3.07. The van der Waals surface area contributed by atoms with Crippen LogP contribution in [0.3, 0.4) is 0 Å². The molecule has 1 amide bonds. The number of ether oxygens (including phenoxy) is 3. The van der Waals surface area contributed by atoms with Crippen molar-refractivity contribution in [2.24, 2.45) is 0 Å². The molecule has 0 aromatic heterocycles. The number of piperidine rings is 1. The topological polar surface area (TPSA) is 65.1 Å². The summed E-state index contributed by atoms with van der Waals surface area (Å²) in [6.45, 7) is 1.00. The number of fused-ring (bicyclic) bond motifs is 1. The van der Waals surface area contributed by atoms with E-state index >= 15 is 0 Å². The van der Waals surface area contributed by atoms with Gasteiger partial charge in [-0.05, 0) is 29.8 Å². The highest BCUT2D eigenvalue weighted by Crippen LogP contribution is 2.47. The van der Waals surface area contributed by atoms with Crippen molar-refractivity contribution in [1.29, 1.82) is 0 Å². The summed E-state index contributed by atoms with van der Waals surface area (Å²) in [5.74, 6) is 1.30. The molecular weight excluding hydrogens is 418 g/mol. The predicted molar refractivity (Wildman–Crippen MR) is 118 cm³/mol. The number of benzene rings is 2. The summed E-state index contributed by atoms with van der Waals surface area (Å²) < 4.78 is 17.2. The summed E-state index contributed by atoms with van der Waals surface area (Å²) in [6, 6.07) is 10.8. The standard InChI is InChI=1S/C24H24ClNO5/c1-29-20-9-8-17-19(27)15-24(31-22(17)23(20)30-2)11-13-26(14-12-24)21(28)10-7-16-5-3-4-6-18(16)25/h3-10H,11-15H2,1-2H3/b10-7+. The number of halogens is 1. The van der Waals surface area contributed by atoms with E-state index in [-0.39, 0.29) is 18.1 Å². The van der Waals surface area contributed by atoms with Gasteiger partial charge in [0.1, 0.15) is 5.60 Å². The predicted octanol–water partition coefficient (Wildman–Crippen LogP) is 4.40. The fraction of sp³-hybridized carbons (Fsp3) is 0.333. The number of hydrogen-bond acceptors (Lipinski definition) is 5. The lowest BCUT2D eigenvalue weighted by Crippen LogP contribution is -2.52. The van der Waals surface area contributed by atoms with Crippen LogP contribution in [-0.2, 0) is 4.79 Å². The summed E-state index contributed by atoms with van der Waals surface area (Å²) in [4.78, 5) is 27.3. The van der Waals surface area contributed by atoms with Crippen LogP contribution in [0.25, 0.3) is 6.08 Å². The SMILES string of the molecule is COc1ccc2c(c1OC)OC1(CCN(C(=O)/C=C/c3ccccc3Cl)CC1)CC2=O. The van der Waals surface area contributed by atoms with Gasteiger partial charge in [-0.3, -0.25) is 9.59 Å². The molecule has 0 N–H and O–H groups in total. The Morgan fingerprint density at radius 1 is 1.13 bits per heavy atom. The molecule has 2 aromatic rings. The highest BCUT2D eigenvalue weighted by Gasteiger charge is 2.45. The van der Waals surface area contributed by atoms with Gasteiger partial charge in [-0.15, -0.1) is 0 Å². The van der Waals surface area contributed by atoms with E-state index in [0.29, 0.717) is 53.8 Å². The third-order valence-electron chi connectivity index (χ3n) is 5.90. The Morgan fingerprint density at radius 3 is 2.55 bits per heavy atom. The zero-order chi connectivity index (χ0) is 22.0. The Morgan fingerprint density at radius 2 is 1.87 bits per heavy atom. The van der Waals surface area contributed by atoms with Crippen LogP contribution in [0.4, 0.5) is 0 Å². The van der Waals surface area contributed by atoms with Crippen LogP contribution in [0, 0.1) is 0 Å². The maximum Gasteiger partial charge on any atom is 0.246 e. The van der Waals surface area contributed by atoms with E-state index in [9.17, 15) is 9.59 Å². The average molecular weight is 442 g/mol. The van der Waals surface area contributed by atoms with E-state index in [1.54, 1.807) is 36.3 Å². The number of ketones is 1. The number of carbonyl (C=O) groups is 2. The molecule has 2 aliphatic heterocycles. The number of rotatable bonds is 4. The molecule has 4 rings (SSSR count). The molecule has 0 bridgehead atoms. The molecule has 162 valence electrons. The van der Waals surface area contributed by atoms with Gasteiger partial charge in [-0.25, -0.2) is 0 Å². The summed E-state index contributed by atoms with van der Waals surface area (Å²) >= 11 is 6.15. The lowest BCUT2D eigenvalue weighted by Gasteiger charge is -2.44. The van der Waals surface area contributed by atoms with Crippen molar-refractivity contribution < 1.29 is 23.8 Å². The highest BCUT2D eigenvalue weighted by molar-refractivity contribution is 6.32. The number of hydrogen-bond donors (Lipinski definition) is 0. The van der Waals surface area contributed by atoms with Crippen LogP contribution in [0.15, 0.2) is 42.5 Å². The van der Waals surface area contributed by atoms with Crippen LogP contribution in [0.1, 0.15) is 35.2 Å². The van der Waals surface area contributed by atoms with Gasteiger partial charge in [-0.2, -0.15) is 0 Å². The van der Waals surface area contributed by atoms with Gasteiger partial charge in [0.05, 0.1) is 26.2 Å². The first kappa shape index (κ1) is 21.2. The summed E-state index contributed by atoms with van der Waals surface area (Å²) in [6.07, 6.45) is 4.67. The summed E-state index contributed by atoms with van der Waals surface area (Å²) in [5, 5.41) is 0.598. The Bertz CT molecular complexity index is 1040. The quantitative estimate of drug-likeness (QED) is 0.658. The summed E-state index contributed by atoms with van der Waals surface area (Å²) in [5.41, 5.74) is 0.654. The number of likely N-dealkylation sites (tertiary alicyclic amines) is 1. The van der Waals surface area contributed by atoms with Gasteiger partial charge in [0.15, 0.2) is 17.3 Å². The first-order valence-corrected chi connectivity index (χ1v) is 10.5. The second kappa shape index (κ2) is 8.63. The third-order valence-corrected chi connectivity index (χ3v) is 6.24. The molecular formula is C24H24ClNO5. The van der Waals surface area contributed by atoms with Crippen molar-refractivity contribution in [3.8, 4) is 17.2 Å². The molecule has 1 saturated heterocycles. The van der Waals surface area contributed by atoms with E-state index in [1.165, 1.54) is 13.2 Å². The van der Waals surface area contributed by atoms with Gasteiger partial charge in [0.2, 0.25) is 11.7 Å². The van der Waals surface area contributed by atoms with Crippen LogP contribution in [0.2, 0.25) is 5.02 Å². The Labute approximate surface area is 186 Å². The van der Waals surface area contributed by atoms with Crippen LogP contribution < -0.4 is 14.2 Å². The molecule has 0 saturated carbocycles. The van der Waals surface area contributed by atoms with E-state index in [0.717, 1.165) is 5.56 Å². The van der Waals surface area contributed by atoms with Crippen molar-refractivity contribution in [1.82, 2.24) is 4.90 Å². The second-order valence-corrected chi connectivity index (χ2v) is 8.15. The van der Waals surface area contributed by atoms with Gasteiger partial charge in [0, 0.05) is 37.0 Å². The zero-order valence-corrected chi connectivity index (χ0v) is 18.3. The van der Waals surface area contributed by atoms with Crippen molar-refractivity contribution in [2.75, 3.05) is 27.3 Å². The number of Topliss-reactive ketones (excluding diaryl/α,β-unsaturated/α-hetero) is 1. The van der Waals surface area contributed by atoms with Gasteiger partial charge in [0.25, 0.3) is 0 Å². The Hall–Kier alpha value is -2.99. The molecule has 0 atom stereocenters. The van der Waals surface area contributed by atoms with E-state index < -0.39 is 5.60 Å². The molecule has 7 heteroatoms. The van der Waals surface area contributed by atoms with E-state index in [2.05, 4.69) is 0 Å². The van der Waals surface area contributed by atoms with E-state index in [1.807, 2.05) is 18.2 Å². The average Bonchev–Trinajstić information content (AvgIpc) is 2.78. The molecule has 1 spiro atoms. The van der Waals surface area contributed by atoms with Crippen LogP contribution in [-0.4, -0.2) is 49.5 Å². The number of methoxy groups -OCH3 is 2. The number of carbonyl (C=O) groups excluding carboxylic acids is 2. The maximum absolute atomic E-state index is 12.9. The number of amides is 1. The van der Waals surface area contributed by atoms with Crippen molar-refractivity contribution in [3.63, 3.8) is 0 Å². The van der Waals surface area contributed by atoms with Crippen LogP contribution >= 0.6 is 11.6 Å². The highest BCUT2D eigenvalue weighted by atomic mass is 35.5. The lowest BCUT2D eigenvalue weighted by molar-refractivity contribution is -0.129. The largest absolute Gasteiger partial charge is 0.493 e. The third kappa shape index (κ3) is 4.12. The smallest absolute Gasteiger partial charge is 0.246 e. The molecule has 6 nitrogen and oxygen atoms in total. The Balaban J connectivity index is 1.48. The second-order valence-electron chi connectivity index (χ2n) is 7.74. The van der Waals surface area contributed by atoms with Gasteiger partial charge >= 0.3 is 0 Å². The molecule has 2 aliphatic rings. The zero-order valence-electron chi connectivity index (χ0n) is 17.5. The maximum atomic E-state index is 12.9. The minimum absolute atomic E-state index is 0.0144. The normalized spacial score (nSPS) is 17.4. The molecule has 0 radical (unpaired) electrons. The fourth-order valence-corrected chi connectivity index (χ4v) is 4.35. The molecule has 1 fully saturated rings. The minimum Gasteiger partial charge on any atom is -0.493 e. The van der Waals surface area contributed by atoms with Gasteiger partial charge < -0.3 is 19.1 Å². The molecule has 31 heavy (non-hydrogen) atoms. The molecule has 0 aliphatic carbocycles. The number of nitrogens with zero attached hydrogens (tertiary/aromatic N) is 1. The monoisotopic (exact) mass is 441 g/mol. The molecule has 0 unspecified atom stereocenters. The van der Waals surface area contributed by atoms with Crippen molar-refractivity contribution >= 4 is 29.4 Å². The van der Waals surface area contributed by atoms with Gasteiger partial charge in [-0.1, -0.05) is 29.8 Å². The van der Waals surface area contributed by atoms with Crippen LogP contribution in [0.5, 0.6) is 17.2 Å².